The van der Waals surface area contributed by atoms with Crippen LogP contribution in [-0.2, 0) is 18.3 Å². The number of ether oxygens (including phenoxy) is 1. The Hall–Kier alpha value is -1.85. The summed E-state index contributed by atoms with van der Waals surface area (Å²) in [6.07, 6.45) is 4.03. The summed E-state index contributed by atoms with van der Waals surface area (Å²) in [6.45, 7) is 5.88. The molecule has 3 rings (SSSR count). The predicted octanol–water partition coefficient (Wildman–Crippen LogP) is 2.12. The minimum Gasteiger partial charge on any atom is -0.377 e. The summed E-state index contributed by atoms with van der Waals surface area (Å²) in [6, 6.07) is 10.9. The molecule has 5 nitrogen and oxygen atoms in total. The molecule has 1 N–H and O–H groups in total. The van der Waals surface area contributed by atoms with Gasteiger partial charge in [0.05, 0.1) is 30.6 Å². The van der Waals surface area contributed by atoms with Crippen molar-refractivity contribution in [2.24, 2.45) is 7.05 Å². The largest absolute Gasteiger partial charge is 0.377 e. The SMILES string of the molecule is C[C@H](Nc1cnn(C)c1)[C@H]1CN(Cc2ccccc2)CCO1. The number of benzene rings is 1. The second kappa shape index (κ2) is 6.94. The van der Waals surface area contributed by atoms with Crippen LogP contribution in [0.15, 0.2) is 42.7 Å². The lowest BCUT2D eigenvalue weighted by molar-refractivity contribution is -0.0373. The fourth-order valence-corrected chi connectivity index (χ4v) is 2.87. The predicted molar refractivity (Wildman–Crippen MR) is 87.8 cm³/mol. The van der Waals surface area contributed by atoms with E-state index < -0.39 is 0 Å². The average Bonchev–Trinajstić information content (AvgIpc) is 2.93. The molecule has 0 amide bonds. The summed E-state index contributed by atoms with van der Waals surface area (Å²) < 4.78 is 7.76. The molecular weight excluding hydrogens is 276 g/mol. The third kappa shape index (κ3) is 3.87. The van der Waals surface area contributed by atoms with E-state index in [0.29, 0.717) is 0 Å². The van der Waals surface area contributed by atoms with Crippen molar-refractivity contribution in [2.45, 2.75) is 25.6 Å². The molecule has 22 heavy (non-hydrogen) atoms. The maximum absolute atomic E-state index is 5.96. The third-order valence-corrected chi connectivity index (χ3v) is 4.08. The van der Waals surface area contributed by atoms with Gasteiger partial charge in [0, 0.05) is 32.9 Å². The van der Waals surface area contributed by atoms with Crippen molar-refractivity contribution in [2.75, 3.05) is 25.0 Å². The van der Waals surface area contributed by atoms with Crippen LogP contribution in [0, 0.1) is 0 Å². The Kier molecular flexibility index (Phi) is 4.75. The van der Waals surface area contributed by atoms with Crippen LogP contribution in [0.4, 0.5) is 5.69 Å². The molecule has 0 aliphatic carbocycles. The van der Waals surface area contributed by atoms with E-state index in [1.165, 1.54) is 5.56 Å². The highest BCUT2D eigenvalue weighted by Crippen LogP contribution is 2.16. The standard InChI is InChI=1S/C17H24N4O/c1-14(19-16-10-18-20(2)12-16)17-13-21(8-9-22-17)11-15-6-4-3-5-7-15/h3-7,10,12,14,17,19H,8-9,11,13H2,1-2H3/t14-,17+/m0/s1. The first-order valence-electron chi connectivity index (χ1n) is 7.84. The third-order valence-electron chi connectivity index (χ3n) is 4.08. The zero-order chi connectivity index (χ0) is 15.4. The van der Waals surface area contributed by atoms with E-state index in [9.17, 15) is 0 Å². The number of anilines is 1. The molecule has 1 aliphatic rings. The van der Waals surface area contributed by atoms with Crippen LogP contribution < -0.4 is 5.32 Å². The Bertz CT molecular complexity index is 583. The van der Waals surface area contributed by atoms with E-state index in [1.54, 1.807) is 4.68 Å². The fourth-order valence-electron chi connectivity index (χ4n) is 2.87. The second-order valence-electron chi connectivity index (χ2n) is 5.97. The van der Waals surface area contributed by atoms with E-state index in [0.717, 1.165) is 31.9 Å². The lowest BCUT2D eigenvalue weighted by atomic mass is 10.1. The summed E-state index contributed by atoms with van der Waals surface area (Å²) in [4.78, 5) is 2.46. The molecule has 1 saturated heterocycles. The summed E-state index contributed by atoms with van der Waals surface area (Å²) >= 11 is 0. The minimum absolute atomic E-state index is 0.192. The molecule has 2 heterocycles. The van der Waals surface area contributed by atoms with E-state index in [-0.39, 0.29) is 12.1 Å². The Labute approximate surface area is 131 Å². The zero-order valence-corrected chi connectivity index (χ0v) is 13.3. The Balaban J connectivity index is 1.55. The maximum Gasteiger partial charge on any atom is 0.0900 e. The van der Waals surface area contributed by atoms with Gasteiger partial charge in [-0.1, -0.05) is 30.3 Å². The molecule has 2 aromatic rings. The smallest absolute Gasteiger partial charge is 0.0900 e. The van der Waals surface area contributed by atoms with Gasteiger partial charge < -0.3 is 10.1 Å². The summed E-state index contributed by atoms with van der Waals surface area (Å²) in [5.74, 6) is 0. The number of aryl methyl sites for hydroxylation is 1. The lowest BCUT2D eigenvalue weighted by Gasteiger charge is -2.36. The second-order valence-corrected chi connectivity index (χ2v) is 5.97. The number of rotatable bonds is 5. The van der Waals surface area contributed by atoms with Crippen LogP contribution in [0.25, 0.3) is 0 Å². The van der Waals surface area contributed by atoms with Crippen LogP contribution in [-0.4, -0.2) is 46.5 Å². The molecule has 5 heteroatoms. The maximum atomic E-state index is 5.96. The van der Waals surface area contributed by atoms with Gasteiger partial charge in [0.25, 0.3) is 0 Å². The topological polar surface area (TPSA) is 42.3 Å². The van der Waals surface area contributed by atoms with Crippen molar-refractivity contribution in [1.82, 2.24) is 14.7 Å². The fraction of sp³-hybridized carbons (Fsp3) is 0.471. The highest BCUT2D eigenvalue weighted by Gasteiger charge is 2.25. The quantitative estimate of drug-likeness (QED) is 0.918. The zero-order valence-electron chi connectivity index (χ0n) is 13.3. The summed E-state index contributed by atoms with van der Waals surface area (Å²) in [5.41, 5.74) is 2.40. The van der Waals surface area contributed by atoms with E-state index in [1.807, 2.05) is 19.4 Å². The number of hydrogen-bond donors (Lipinski definition) is 1. The van der Waals surface area contributed by atoms with Crippen LogP contribution in [0.3, 0.4) is 0 Å². The molecule has 0 spiro atoms. The molecule has 1 fully saturated rings. The number of nitrogens with zero attached hydrogens (tertiary/aromatic N) is 3. The lowest BCUT2D eigenvalue weighted by Crippen LogP contribution is -2.48. The Morgan fingerprint density at radius 2 is 2.18 bits per heavy atom. The van der Waals surface area contributed by atoms with Crippen LogP contribution in [0.2, 0.25) is 0 Å². The van der Waals surface area contributed by atoms with Crippen LogP contribution >= 0.6 is 0 Å². The van der Waals surface area contributed by atoms with E-state index >= 15 is 0 Å². The Morgan fingerprint density at radius 1 is 1.36 bits per heavy atom. The Morgan fingerprint density at radius 3 is 2.91 bits per heavy atom. The van der Waals surface area contributed by atoms with Crippen molar-refractivity contribution in [3.63, 3.8) is 0 Å². The molecular formula is C17H24N4O. The average molecular weight is 300 g/mol. The van der Waals surface area contributed by atoms with Gasteiger partial charge in [0.2, 0.25) is 0 Å². The molecule has 0 saturated carbocycles. The van der Waals surface area contributed by atoms with Gasteiger partial charge in [-0.3, -0.25) is 9.58 Å². The minimum atomic E-state index is 0.192. The molecule has 0 radical (unpaired) electrons. The van der Waals surface area contributed by atoms with Crippen LogP contribution in [0.1, 0.15) is 12.5 Å². The van der Waals surface area contributed by atoms with Crippen molar-refractivity contribution in [3.8, 4) is 0 Å². The molecule has 0 unspecified atom stereocenters. The van der Waals surface area contributed by atoms with Gasteiger partial charge >= 0.3 is 0 Å². The summed E-state index contributed by atoms with van der Waals surface area (Å²) in [7, 11) is 1.93. The van der Waals surface area contributed by atoms with Gasteiger partial charge in [0.1, 0.15) is 0 Å². The molecule has 2 atom stereocenters. The van der Waals surface area contributed by atoms with Gasteiger partial charge in [0.15, 0.2) is 0 Å². The van der Waals surface area contributed by atoms with Gasteiger partial charge in [-0.15, -0.1) is 0 Å². The monoisotopic (exact) mass is 300 g/mol. The van der Waals surface area contributed by atoms with Crippen LogP contribution in [0.5, 0.6) is 0 Å². The molecule has 1 aliphatic heterocycles. The number of hydrogen-bond acceptors (Lipinski definition) is 4. The summed E-state index contributed by atoms with van der Waals surface area (Å²) in [5, 5.41) is 7.67. The van der Waals surface area contributed by atoms with Crippen molar-refractivity contribution >= 4 is 5.69 Å². The number of aromatic nitrogens is 2. The highest BCUT2D eigenvalue weighted by atomic mass is 16.5. The number of nitrogens with one attached hydrogen (secondary N) is 1. The van der Waals surface area contributed by atoms with E-state index in [2.05, 4.69) is 52.6 Å². The molecule has 1 aromatic heterocycles. The molecule has 118 valence electrons. The molecule has 1 aromatic carbocycles. The van der Waals surface area contributed by atoms with Gasteiger partial charge in [-0.25, -0.2) is 0 Å². The first-order chi connectivity index (χ1) is 10.7. The number of morpholine rings is 1. The molecule has 0 bridgehead atoms. The first kappa shape index (κ1) is 15.1. The van der Waals surface area contributed by atoms with Crippen molar-refractivity contribution in [1.29, 1.82) is 0 Å². The van der Waals surface area contributed by atoms with E-state index in [4.69, 9.17) is 4.74 Å². The highest BCUT2D eigenvalue weighted by molar-refractivity contribution is 5.39. The van der Waals surface area contributed by atoms with Gasteiger partial charge in [-0.05, 0) is 12.5 Å². The first-order valence-corrected chi connectivity index (χ1v) is 7.84. The van der Waals surface area contributed by atoms with Gasteiger partial charge in [-0.2, -0.15) is 5.10 Å². The van der Waals surface area contributed by atoms with Crippen molar-refractivity contribution < 1.29 is 4.74 Å². The van der Waals surface area contributed by atoms with Crippen molar-refractivity contribution in [3.05, 3.63) is 48.3 Å². The normalized spacial score (nSPS) is 20.7.